The molecule has 0 radical (unpaired) electrons. The number of pyridine rings is 2. The second-order valence-electron chi connectivity index (χ2n) is 4.27. The summed E-state index contributed by atoms with van der Waals surface area (Å²) in [4.78, 5) is 13.2. The van der Waals surface area contributed by atoms with E-state index in [0.717, 1.165) is 17.0 Å². The van der Waals surface area contributed by atoms with Crippen LogP contribution in [0.15, 0.2) is 36.7 Å². The first kappa shape index (κ1) is 12.1. The molecule has 0 aliphatic carbocycles. The number of nitrogens with zero attached hydrogens (tertiary/aromatic N) is 4. The van der Waals surface area contributed by atoms with Crippen LogP contribution in [0.4, 0.5) is 0 Å². The molecule has 0 aliphatic rings. The number of rotatable bonds is 2. The van der Waals surface area contributed by atoms with E-state index in [2.05, 4.69) is 15.0 Å². The third-order valence-electron chi connectivity index (χ3n) is 2.79. The fourth-order valence-electron chi connectivity index (χ4n) is 1.96. The Morgan fingerprint density at radius 2 is 2.11 bits per heavy atom. The van der Waals surface area contributed by atoms with Crippen LogP contribution in [0.3, 0.4) is 0 Å². The van der Waals surface area contributed by atoms with Gasteiger partial charge in [0.1, 0.15) is 17.2 Å². The number of fused-ring (bicyclic) bond motifs is 1. The van der Waals surface area contributed by atoms with E-state index in [9.17, 15) is 0 Å². The normalized spacial score (nSPS) is 12.8. The van der Waals surface area contributed by atoms with Crippen LogP contribution >= 0.6 is 11.6 Å². The Hall–Kier alpha value is -1.98. The van der Waals surface area contributed by atoms with E-state index in [1.165, 1.54) is 0 Å². The van der Waals surface area contributed by atoms with Crippen LogP contribution in [0.25, 0.3) is 17.0 Å². The molecule has 1 unspecified atom stereocenters. The molecule has 3 heterocycles. The lowest BCUT2D eigenvalue weighted by atomic mass is 10.3. The maximum Gasteiger partial charge on any atom is 0.165 e. The maximum absolute atomic E-state index is 5.98. The first-order valence-electron chi connectivity index (χ1n) is 5.87. The molecule has 3 aromatic heterocycles. The number of imidazole rings is 1. The van der Waals surface area contributed by atoms with E-state index < -0.39 is 0 Å². The van der Waals surface area contributed by atoms with Gasteiger partial charge < -0.3 is 5.73 Å². The van der Waals surface area contributed by atoms with Crippen molar-refractivity contribution in [2.75, 3.05) is 0 Å². The minimum Gasteiger partial charge on any atom is -0.322 e. The number of hydrogen-bond acceptors (Lipinski definition) is 4. The Morgan fingerprint density at radius 1 is 1.26 bits per heavy atom. The molecule has 2 N–H and O–H groups in total. The standard InChI is InChI=1S/C13H12ClN5/c1-8(15)12-18-10-3-2-6-16-13(10)19(12)11-5-4-9(14)7-17-11/h2-8H,15H2,1H3. The zero-order valence-electron chi connectivity index (χ0n) is 10.3. The van der Waals surface area contributed by atoms with Gasteiger partial charge in [0.2, 0.25) is 0 Å². The van der Waals surface area contributed by atoms with Gasteiger partial charge in [-0.2, -0.15) is 0 Å². The predicted molar refractivity (Wildman–Crippen MR) is 74.3 cm³/mol. The van der Waals surface area contributed by atoms with Crippen LogP contribution in [0, 0.1) is 0 Å². The van der Waals surface area contributed by atoms with Crippen LogP contribution in [0.5, 0.6) is 0 Å². The lowest BCUT2D eigenvalue weighted by molar-refractivity contribution is 0.719. The molecule has 0 amide bonds. The molecule has 3 rings (SSSR count). The first-order chi connectivity index (χ1) is 9.16. The van der Waals surface area contributed by atoms with Crippen molar-refractivity contribution in [3.05, 3.63) is 47.5 Å². The van der Waals surface area contributed by atoms with Gasteiger partial charge in [0.25, 0.3) is 0 Å². The maximum atomic E-state index is 5.98. The summed E-state index contributed by atoms with van der Waals surface area (Å²) in [6.45, 7) is 1.88. The monoisotopic (exact) mass is 273 g/mol. The largest absolute Gasteiger partial charge is 0.322 e. The Kier molecular flexibility index (Phi) is 2.93. The molecule has 5 nitrogen and oxygen atoms in total. The van der Waals surface area contributed by atoms with Crippen molar-refractivity contribution in [1.29, 1.82) is 0 Å². The molecular weight excluding hydrogens is 262 g/mol. The molecule has 0 aromatic carbocycles. The molecule has 0 fully saturated rings. The van der Waals surface area contributed by atoms with E-state index in [-0.39, 0.29) is 6.04 Å². The summed E-state index contributed by atoms with van der Waals surface area (Å²) >= 11 is 5.87. The summed E-state index contributed by atoms with van der Waals surface area (Å²) in [5.41, 5.74) is 7.52. The quantitative estimate of drug-likeness (QED) is 0.779. The Balaban J connectivity index is 2.31. The number of hydrogen-bond donors (Lipinski definition) is 1. The second-order valence-corrected chi connectivity index (χ2v) is 4.71. The Morgan fingerprint density at radius 3 is 2.79 bits per heavy atom. The molecule has 0 aliphatic heterocycles. The Bertz CT molecular complexity index is 717. The SMILES string of the molecule is CC(N)c1nc2cccnc2n1-c1ccc(Cl)cn1. The zero-order chi connectivity index (χ0) is 13.4. The van der Waals surface area contributed by atoms with Crippen molar-refractivity contribution in [2.24, 2.45) is 5.73 Å². The number of aromatic nitrogens is 4. The number of halogens is 1. The van der Waals surface area contributed by atoms with E-state index in [1.807, 2.05) is 29.7 Å². The predicted octanol–water partition coefficient (Wildman–Crippen LogP) is 2.49. The molecule has 96 valence electrons. The van der Waals surface area contributed by atoms with Gasteiger partial charge in [0.15, 0.2) is 5.65 Å². The molecule has 1 atom stereocenters. The fourth-order valence-corrected chi connectivity index (χ4v) is 2.07. The van der Waals surface area contributed by atoms with Crippen molar-refractivity contribution in [3.8, 4) is 5.82 Å². The van der Waals surface area contributed by atoms with Gasteiger partial charge >= 0.3 is 0 Å². The van der Waals surface area contributed by atoms with Gasteiger partial charge in [-0.15, -0.1) is 0 Å². The van der Waals surface area contributed by atoms with Crippen LogP contribution in [-0.4, -0.2) is 19.5 Å². The highest BCUT2D eigenvalue weighted by Crippen LogP contribution is 2.22. The molecule has 19 heavy (non-hydrogen) atoms. The highest BCUT2D eigenvalue weighted by molar-refractivity contribution is 6.30. The molecule has 3 aromatic rings. The summed E-state index contributed by atoms with van der Waals surface area (Å²) < 4.78 is 1.86. The fraction of sp³-hybridized carbons (Fsp3) is 0.154. The van der Waals surface area contributed by atoms with Crippen molar-refractivity contribution in [3.63, 3.8) is 0 Å². The molecular formula is C13H12ClN5. The van der Waals surface area contributed by atoms with Crippen LogP contribution in [0.1, 0.15) is 18.8 Å². The van der Waals surface area contributed by atoms with E-state index in [1.54, 1.807) is 18.5 Å². The average molecular weight is 274 g/mol. The molecule has 0 saturated heterocycles. The van der Waals surface area contributed by atoms with Crippen molar-refractivity contribution < 1.29 is 0 Å². The first-order valence-corrected chi connectivity index (χ1v) is 6.25. The lowest BCUT2D eigenvalue weighted by Crippen LogP contribution is -2.13. The molecule has 0 spiro atoms. The van der Waals surface area contributed by atoms with Gasteiger partial charge in [0.05, 0.1) is 11.1 Å². The van der Waals surface area contributed by atoms with Crippen molar-refractivity contribution in [1.82, 2.24) is 19.5 Å². The van der Waals surface area contributed by atoms with Gasteiger partial charge in [0, 0.05) is 12.4 Å². The second kappa shape index (κ2) is 4.60. The summed E-state index contributed by atoms with van der Waals surface area (Å²) in [5, 5.41) is 0.587. The average Bonchev–Trinajstić information content (AvgIpc) is 2.79. The van der Waals surface area contributed by atoms with Crippen LogP contribution in [0.2, 0.25) is 5.02 Å². The van der Waals surface area contributed by atoms with Crippen molar-refractivity contribution >= 4 is 22.8 Å². The molecule has 0 saturated carbocycles. The van der Waals surface area contributed by atoms with E-state index in [0.29, 0.717) is 10.8 Å². The highest BCUT2D eigenvalue weighted by Gasteiger charge is 2.16. The molecule has 0 bridgehead atoms. The zero-order valence-corrected chi connectivity index (χ0v) is 11.0. The van der Waals surface area contributed by atoms with Gasteiger partial charge in [-0.25, -0.2) is 15.0 Å². The topological polar surface area (TPSA) is 69.6 Å². The van der Waals surface area contributed by atoms with Gasteiger partial charge in [-0.1, -0.05) is 11.6 Å². The van der Waals surface area contributed by atoms with Crippen molar-refractivity contribution in [2.45, 2.75) is 13.0 Å². The van der Waals surface area contributed by atoms with Gasteiger partial charge in [-0.3, -0.25) is 4.57 Å². The summed E-state index contributed by atoms with van der Waals surface area (Å²) in [5.74, 6) is 1.43. The molecule has 6 heteroatoms. The lowest BCUT2D eigenvalue weighted by Gasteiger charge is -2.09. The third kappa shape index (κ3) is 2.07. The van der Waals surface area contributed by atoms with Crippen LogP contribution in [-0.2, 0) is 0 Å². The smallest absolute Gasteiger partial charge is 0.165 e. The summed E-state index contributed by atoms with van der Waals surface area (Å²) in [6.07, 6.45) is 3.32. The minimum atomic E-state index is -0.216. The minimum absolute atomic E-state index is 0.216. The van der Waals surface area contributed by atoms with E-state index >= 15 is 0 Å². The number of nitrogens with two attached hydrogens (primary N) is 1. The summed E-state index contributed by atoms with van der Waals surface area (Å²) in [6, 6.07) is 7.14. The van der Waals surface area contributed by atoms with E-state index in [4.69, 9.17) is 17.3 Å². The third-order valence-corrected chi connectivity index (χ3v) is 3.01. The Labute approximate surface area is 115 Å². The van der Waals surface area contributed by atoms with Crippen LogP contribution < -0.4 is 5.73 Å². The highest BCUT2D eigenvalue weighted by atomic mass is 35.5. The van der Waals surface area contributed by atoms with Gasteiger partial charge in [-0.05, 0) is 31.2 Å². The summed E-state index contributed by atoms with van der Waals surface area (Å²) in [7, 11) is 0.